The molecule has 22 heavy (non-hydrogen) atoms. The van der Waals surface area contributed by atoms with Crippen molar-refractivity contribution in [3.63, 3.8) is 0 Å². The fourth-order valence-electron chi connectivity index (χ4n) is 3.51. The van der Waals surface area contributed by atoms with Crippen LogP contribution in [0.15, 0.2) is 30.3 Å². The molecule has 0 N–H and O–H groups in total. The molecule has 0 amide bonds. The normalized spacial score (nSPS) is 29.3. The van der Waals surface area contributed by atoms with Crippen molar-refractivity contribution in [2.45, 2.75) is 39.1 Å². The van der Waals surface area contributed by atoms with Crippen molar-refractivity contribution >= 4 is 5.97 Å². The van der Waals surface area contributed by atoms with Crippen LogP contribution in [0.4, 0.5) is 0 Å². The largest absolute Gasteiger partial charge is 0.469 e. The first-order chi connectivity index (χ1) is 10.6. The Labute approximate surface area is 132 Å². The molecule has 1 saturated heterocycles. The maximum atomic E-state index is 11.9. The molecule has 4 nitrogen and oxygen atoms in total. The van der Waals surface area contributed by atoms with E-state index in [1.807, 2.05) is 25.1 Å². The Morgan fingerprint density at radius 1 is 1.27 bits per heavy atom. The van der Waals surface area contributed by atoms with Crippen LogP contribution in [-0.4, -0.2) is 32.6 Å². The van der Waals surface area contributed by atoms with Crippen molar-refractivity contribution in [1.29, 1.82) is 0 Å². The van der Waals surface area contributed by atoms with Gasteiger partial charge in [0.05, 0.1) is 19.1 Å². The van der Waals surface area contributed by atoms with Gasteiger partial charge in [-0.15, -0.1) is 0 Å². The van der Waals surface area contributed by atoms with Gasteiger partial charge in [-0.2, -0.15) is 0 Å². The van der Waals surface area contributed by atoms with Gasteiger partial charge < -0.3 is 14.2 Å². The van der Waals surface area contributed by atoms with E-state index in [2.05, 4.69) is 19.1 Å². The van der Waals surface area contributed by atoms with Crippen molar-refractivity contribution < 1.29 is 19.0 Å². The third-order valence-electron chi connectivity index (χ3n) is 4.72. The van der Waals surface area contributed by atoms with Gasteiger partial charge in [-0.05, 0) is 18.4 Å². The summed E-state index contributed by atoms with van der Waals surface area (Å²) < 4.78 is 16.4. The van der Waals surface area contributed by atoms with E-state index in [9.17, 15) is 4.79 Å². The molecule has 0 aliphatic carbocycles. The molecule has 2 rings (SSSR count). The fourth-order valence-corrected chi connectivity index (χ4v) is 3.51. The minimum atomic E-state index is -0.252. The first kappa shape index (κ1) is 17.0. The van der Waals surface area contributed by atoms with E-state index in [0.717, 1.165) is 12.8 Å². The first-order valence-corrected chi connectivity index (χ1v) is 7.88. The maximum Gasteiger partial charge on any atom is 0.308 e. The highest BCUT2D eigenvalue weighted by atomic mass is 16.7. The zero-order chi connectivity index (χ0) is 16.1. The van der Waals surface area contributed by atoms with E-state index >= 15 is 0 Å². The van der Waals surface area contributed by atoms with Crippen LogP contribution < -0.4 is 0 Å². The van der Waals surface area contributed by atoms with Crippen LogP contribution in [0.5, 0.6) is 0 Å². The molecule has 5 atom stereocenters. The number of esters is 1. The Bertz CT molecular complexity index is 473. The Morgan fingerprint density at radius 3 is 2.55 bits per heavy atom. The van der Waals surface area contributed by atoms with Gasteiger partial charge in [0.1, 0.15) is 0 Å². The lowest BCUT2D eigenvalue weighted by Gasteiger charge is -2.25. The van der Waals surface area contributed by atoms with E-state index < -0.39 is 0 Å². The quantitative estimate of drug-likeness (QED) is 0.758. The molecule has 4 heteroatoms. The zero-order valence-electron chi connectivity index (χ0n) is 13.8. The minimum absolute atomic E-state index is 0.00857. The van der Waals surface area contributed by atoms with Gasteiger partial charge in [-0.1, -0.05) is 44.2 Å². The first-order valence-electron chi connectivity index (χ1n) is 7.88. The molecule has 0 unspecified atom stereocenters. The summed E-state index contributed by atoms with van der Waals surface area (Å²) in [5.41, 5.74) is 1.28. The molecule has 1 aromatic rings. The maximum absolute atomic E-state index is 11.9. The molecule has 1 heterocycles. The van der Waals surface area contributed by atoms with Gasteiger partial charge in [-0.25, -0.2) is 0 Å². The Balaban J connectivity index is 2.07. The number of aryl methyl sites for hydroxylation is 1. The minimum Gasteiger partial charge on any atom is -0.469 e. The standard InChI is InChI=1S/C18H26O4/c1-12(17(19)20-3)16-13(2)18(21-4)22-15(16)11-10-14-8-6-5-7-9-14/h5-9,12-13,15-16,18H,10-11H2,1-4H3/t12-,13+,15-,16+,18-/m1/s1. The van der Waals surface area contributed by atoms with Crippen LogP contribution in [0.3, 0.4) is 0 Å². The van der Waals surface area contributed by atoms with Crippen LogP contribution in [0.25, 0.3) is 0 Å². The molecule has 0 aromatic heterocycles. The topological polar surface area (TPSA) is 44.8 Å². The van der Waals surface area contributed by atoms with Gasteiger partial charge in [-0.3, -0.25) is 4.79 Å². The number of rotatable bonds is 6. The number of hydrogen-bond acceptors (Lipinski definition) is 4. The molecule has 1 fully saturated rings. The van der Waals surface area contributed by atoms with Crippen LogP contribution >= 0.6 is 0 Å². The van der Waals surface area contributed by atoms with Crippen molar-refractivity contribution in [2.24, 2.45) is 17.8 Å². The zero-order valence-corrected chi connectivity index (χ0v) is 13.8. The molecule has 0 spiro atoms. The second kappa shape index (κ2) is 7.75. The molecule has 1 aliphatic rings. The SMILES string of the molecule is COC(=O)[C@H](C)[C@H]1[C@H](C)[C@H](OC)O[C@@H]1CCc1ccccc1. The number of ether oxygens (including phenoxy) is 3. The Morgan fingerprint density at radius 2 is 1.95 bits per heavy atom. The van der Waals surface area contributed by atoms with Gasteiger partial charge in [0, 0.05) is 18.9 Å². The monoisotopic (exact) mass is 306 g/mol. The molecular weight excluding hydrogens is 280 g/mol. The van der Waals surface area contributed by atoms with E-state index in [0.29, 0.717) is 0 Å². The fraction of sp³-hybridized carbons (Fsp3) is 0.611. The highest BCUT2D eigenvalue weighted by Gasteiger charge is 2.46. The van der Waals surface area contributed by atoms with Crippen molar-refractivity contribution in [2.75, 3.05) is 14.2 Å². The highest BCUT2D eigenvalue weighted by molar-refractivity contribution is 5.72. The molecule has 0 saturated carbocycles. The van der Waals surface area contributed by atoms with E-state index in [-0.39, 0.29) is 36.1 Å². The lowest BCUT2D eigenvalue weighted by molar-refractivity contribution is -0.148. The number of hydrogen-bond donors (Lipinski definition) is 0. The predicted molar refractivity (Wildman–Crippen MR) is 84.3 cm³/mol. The summed E-state index contributed by atoms with van der Waals surface area (Å²) >= 11 is 0. The molecule has 0 radical (unpaired) electrons. The van der Waals surface area contributed by atoms with E-state index in [4.69, 9.17) is 14.2 Å². The Kier molecular flexibility index (Phi) is 5.98. The third-order valence-corrected chi connectivity index (χ3v) is 4.72. The van der Waals surface area contributed by atoms with Gasteiger partial charge in [0.2, 0.25) is 0 Å². The number of benzene rings is 1. The van der Waals surface area contributed by atoms with Crippen LogP contribution in [-0.2, 0) is 25.4 Å². The third kappa shape index (κ3) is 3.68. The highest BCUT2D eigenvalue weighted by Crippen LogP contribution is 2.40. The number of carbonyl (C=O) groups excluding carboxylic acids is 1. The van der Waals surface area contributed by atoms with Crippen molar-refractivity contribution in [3.8, 4) is 0 Å². The van der Waals surface area contributed by atoms with Crippen LogP contribution in [0.2, 0.25) is 0 Å². The second-order valence-corrected chi connectivity index (χ2v) is 6.05. The predicted octanol–water partition coefficient (Wildman–Crippen LogP) is 3.05. The summed E-state index contributed by atoms with van der Waals surface area (Å²) in [5, 5.41) is 0. The molecular formula is C18H26O4. The van der Waals surface area contributed by atoms with Gasteiger partial charge in [0.15, 0.2) is 6.29 Å². The summed E-state index contributed by atoms with van der Waals surface area (Å²) in [6.07, 6.45) is 1.56. The number of carbonyl (C=O) groups is 1. The summed E-state index contributed by atoms with van der Waals surface area (Å²) in [6, 6.07) is 10.3. The molecule has 1 aliphatic heterocycles. The van der Waals surface area contributed by atoms with Crippen LogP contribution in [0.1, 0.15) is 25.8 Å². The van der Waals surface area contributed by atoms with Gasteiger partial charge >= 0.3 is 5.97 Å². The van der Waals surface area contributed by atoms with Crippen molar-refractivity contribution in [3.05, 3.63) is 35.9 Å². The smallest absolute Gasteiger partial charge is 0.308 e. The van der Waals surface area contributed by atoms with Gasteiger partial charge in [0.25, 0.3) is 0 Å². The lowest BCUT2D eigenvalue weighted by atomic mass is 9.79. The van der Waals surface area contributed by atoms with E-state index in [1.54, 1.807) is 7.11 Å². The average Bonchev–Trinajstić information content (AvgIpc) is 2.88. The van der Waals surface area contributed by atoms with Crippen LogP contribution in [0, 0.1) is 17.8 Å². The summed E-state index contributed by atoms with van der Waals surface area (Å²) in [4.78, 5) is 11.9. The number of methoxy groups -OCH3 is 2. The summed E-state index contributed by atoms with van der Waals surface area (Å²) in [7, 11) is 3.09. The Hall–Kier alpha value is -1.39. The summed E-state index contributed by atoms with van der Waals surface area (Å²) in [5.74, 6) is -0.0937. The van der Waals surface area contributed by atoms with E-state index in [1.165, 1.54) is 12.7 Å². The molecule has 0 bridgehead atoms. The molecule has 122 valence electrons. The lowest BCUT2D eigenvalue weighted by Crippen LogP contribution is -2.32. The summed E-state index contributed by atoms with van der Waals surface area (Å²) in [6.45, 7) is 4.00. The average molecular weight is 306 g/mol. The molecule has 1 aromatic carbocycles. The second-order valence-electron chi connectivity index (χ2n) is 6.05. The van der Waals surface area contributed by atoms with Crippen molar-refractivity contribution in [1.82, 2.24) is 0 Å².